The molecule has 0 aromatic carbocycles. The van der Waals surface area contributed by atoms with Crippen LogP contribution in [0.1, 0.15) is 38.5 Å². The Labute approximate surface area is 81.1 Å². The van der Waals surface area contributed by atoms with Crippen LogP contribution in [0.5, 0.6) is 0 Å². The van der Waals surface area contributed by atoms with Gasteiger partial charge < -0.3 is 10.5 Å². The van der Waals surface area contributed by atoms with Gasteiger partial charge in [-0.2, -0.15) is 0 Å². The van der Waals surface area contributed by atoms with Crippen LogP contribution in [-0.4, -0.2) is 13.2 Å². The summed E-state index contributed by atoms with van der Waals surface area (Å²) < 4.78 is 5.03. The lowest BCUT2D eigenvalue weighted by Crippen LogP contribution is -2.27. The normalized spacial score (nSPS) is 21.1. The third kappa shape index (κ3) is 3.39. The second kappa shape index (κ2) is 5.28. The van der Waals surface area contributed by atoms with Gasteiger partial charge in [-0.15, -0.1) is 0 Å². The van der Waals surface area contributed by atoms with Gasteiger partial charge in [0.1, 0.15) is 5.76 Å². The van der Waals surface area contributed by atoms with Crippen LogP contribution in [0.3, 0.4) is 0 Å². The highest BCUT2D eigenvalue weighted by Crippen LogP contribution is 2.27. The molecule has 0 bridgehead atoms. The molecule has 76 valence electrons. The maximum Gasteiger partial charge on any atom is 0.105 e. The number of hydrogen-bond donors (Lipinski definition) is 1. The number of ether oxygens (including phenoxy) is 1. The fourth-order valence-electron chi connectivity index (χ4n) is 2.06. The van der Waals surface area contributed by atoms with E-state index in [1.54, 1.807) is 7.11 Å². The van der Waals surface area contributed by atoms with Gasteiger partial charge in [-0.25, -0.2) is 0 Å². The molecule has 1 aliphatic rings. The average Bonchev–Trinajstić information content (AvgIpc) is 2.18. The average molecular weight is 183 g/mol. The van der Waals surface area contributed by atoms with E-state index in [9.17, 15) is 0 Å². The maximum absolute atomic E-state index is 5.93. The number of methoxy groups -OCH3 is 1. The van der Waals surface area contributed by atoms with Crippen molar-refractivity contribution in [3.63, 3.8) is 0 Å². The van der Waals surface area contributed by atoms with Gasteiger partial charge in [0, 0.05) is 0 Å². The minimum atomic E-state index is 0.0353. The van der Waals surface area contributed by atoms with E-state index < -0.39 is 0 Å². The number of hydrogen-bond acceptors (Lipinski definition) is 2. The van der Waals surface area contributed by atoms with Crippen LogP contribution in [0, 0.1) is 5.92 Å². The van der Waals surface area contributed by atoms with Crippen LogP contribution >= 0.6 is 0 Å². The van der Waals surface area contributed by atoms with E-state index in [0.29, 0.717) is 0 Å². The molecule has 0 heterocycles. The van der Waals surface area contributed by atoms with Gasteiger partial charge in [0.25, 0.3) is 0 Å². The Balaban J connectivity index is 2.25. The molecule has 0 unspecified atom stereocenters. The molecule has 0 aromatic heterocycles. The zero-order chi connectivity index (χ0) is 9.68. The fourth-order valence-corrected chi connectivity index (χ4v) is 2.06. The first-order chi connectivity index (χ1) is 6.24. The van der Waals surface area contributed by atoms with Gasteiger partial charge >= 0.3 is 0 Å². The summed E-state index contributed by atoms with van der Waals surface area (Å²) in [5, 5.41) is 0. The summed E-state index contributed by atoms with van der Waals surface area (Å²) in [5.74, 6) is 1.53. The lowest BCUT2D eigenvalue weighted by molar-refractivity contribution is 0.240. The van der Waals surface area contributed by atoms with Gasteiger partial charge in [-0.1, -0.05) is 38.7 Å². The molecule has 1 saturated carbocycles. The molecule has 0 spiro atoms. The molecule has 1 atom stereocenters. The smallest absolute Gasteiger partial charge is 0.105 e. The Hall–Kier alpha value is -0.500. The zero-order valence-electron chi connectivity index (χ0n) is 8.59. The molecule has 13 heavy (non-hydrogen) atoms. The molecule has 0 aliphatic heterocycles. The monoisotopic (exact) mass is 183 g/mol. The van der Waals surface area contributed by atoms with E-state index >= 15 is 0 Å². The van der Waals surface area contributed by atoms with Gasteiger partial charge in [0.2, 0.25) is 0 Å². The van der Waals surface area contributed by atoms with Crippen molar-refractivity contribution in [2.24, 2.45) is 11.7 Å². The third-order valence-electron chi connectivity index (χ3n) is 2.99. The number of rotatable bonds is 4. The molecular formula is C11H21NO. The van der Waals surface area contributed by atoms with Gasteiger partial charge in [-0.05, 0) is 12.3 Å². The first-order valence-electron chi connectivity index (χ1n) is 5.22. The molecule has 0 radical (unpaired) electrons. The van der Waals surface area contributed by atoms with Crippen molar-refractivity contribution in [1.82, 2.24) is 0 Å². The quantitative estimate of drug-likeness (QED) is 0.679. The summed E-state index contributed by atoms with van der Waals surface area (Å²) in [6.07, 6.45) is 7.87. The largest absolute Gasteiger partial charge is 0.500 e. The van der Waals surface area contributed by atoms with Crippen molar-refractivity contribution >= 4 is 0 Å². The Morgan fingerprint density at radius 3 is 2.62 bits per heavy atom. The van der Waals surface area contributed by atoms with Crippen molar-refractivity contribution < 1.29 is 4.74 Å². The van der Waals surface area contributed by atoms with E-state index in [-0.39, 0.29) is 6.04 Å². The number of nitrogens with two attached hydrogens (primary N) is 1. The molecule has 2 heteroatoms. The van der Waals surface area contributed by atoms with Crippen molar-refractivity contribution in [1.29, 1.82) is 0 Å². The maximum atomic E-state index is 5.93. The SMILES string of the molecule is C=C(OC)[C@H](N)CC1CCCCC1. The second-order valence-corrected chi connectivity index (χ2v) is 4.02. The topological polar surface area (TPSA) is 35.2 Å². The zero-order valence-corrected chi connectivity index (χ0v) is 8.59. The standard InChI is InChI=1S/C11H21NO/c1-9(13-2)11(12)8-10-6-4-3-5-7-10/h10-11H,1,3-8,12H2,2H3/t11-/m1/s1. The van der Waals surface area contributed by atoms with Crippen molar-refractivity contribution in [3.8, 4) is 0 Å². The summed E-state index contributed by atoms with van der Waals surface area (Å²) in [6, 6.07) is 0.0353. The van der Waals surface area contributed by atoms with E-state index in [1.807, 2.05) is 0 Å². The highest BCUT2D eigenvalue weighted by molar-refractivity contribution is 4.95. The summed E-state index contributed by atoms with van der Waals surface area (Å²) in [6.45, 7) is 3.79. The molecular weight excluding hydrogens is 162 g/mol. The van der Waals surface area contributed by atoms with Crippen molar-refractivity contribution in [3.05, 3.63) is 12.3 Å². The molecule has 2 nitrogen and oxygen atoms in total. The second-order valence-electron chi connectivity index (χ2n) is 4.02. The van der Waals surface area contributed by atoms with Crippen LogP contribution in [0.4, 0.5) is 0 Å². The predicted molar refractivity (Wildman–Crippen MR) is 55.3 cm³/mol. The van der Waals surface area contributed by atoms with Crippen LogP contribution < -0.4 is 5.73 Å². The van der Waals surface area contributed by atoms with Gasteiger partial charge in [0.05, 0.1) is 13.2 Å². The van der Waals surface area contributed by atoms with Crippen molar-refractivity contribution in [2.75, 3.05) is 7.11 Å². The summed E-state index contributed by atoms with van der Waals surface area (Å²) in [5.41, 5.74) is 5.93. The Morgan fingerprint density at radius 2 is 2.08 bits per heavy atom. The van der Waals surface area contributed by atoms with E-state index in [2.05, 4.69) is 6.58 Å². The van der Waals surface area contributed by atoms with E-state index in [0.717, 1.165) is 18.1 Å². The van der Waals surface area contributed by atoms with E-state index in [1.165, 1.54) is 32.1 Å². The highest BCUT2D eigenvalue weighted by Gasteiger charge is 2.18. The Morgan fingerprint density at radius 1 is 1.46 bits per heavy atom. The molecule has 2 N–H and O–H groups in total. The van der Waals surface area contributed by atoms with Crippen LogP contribution in [-0.2, 0) is 4.74 Å². The van der Waals surface area contributed by atoms with Gasteiger partial charge in [0.15, 0.2) is 0 Å². The molecule has 0 aromatic rings. The molecule has 1 aliphatic carbocycles. The van der Waals surface area contributed by atoms with Crippen LogP contribution in [0.25, 0.3) is 0 Å². The molecule has 0 amide bonds. The third-order valence-corrected chi connectivity index (χ3v) is 2.99. The Kier molecular flexibility index (Phi) is 4.29. The summed E-state index contributed by atoms with van der Waals surface area (Å²) >= 11 is 0. The van der Waals surface area contributed by atoms with Crippen molar-refractivity contribution in [2.45, 2.75) is 44.6 Å². The highest BCUT2D eigenvalue weighted by atomic mass is 16.5. The van der Waals surface area contributed by atoms with Crippen LogP contribution in [0.15, 0.2) is 12.3 Å². The summed E-state index contributed by atoms with van der Waals surface area (Å²) in [4.78, 5) is 0. The first kappa shape index (κ1) is 10.6. The lowest BCUT2D eigenvalue weighted by Gasteiger charge is -2.24. The van der Waals surface area contributed by atoms with E-state index in [4.69, 9.17) is 10.5 Å². The molecule has 1 fully saturated rings. The minimum absolute atomic E-state index is 0.0353. The molecule has 0 saturated heterocycles. The minimum Gasteiger partial charge on any atom is -0.500 e. The first-order valence-corrected chi connectivity index (χ1v) is 5.22. The Bertz CT molecular complexity index is 161. The van der Waals surface area contributed by atoms with Crippen LogP contribution in [0.2, 0.25) is 0 Å². The van der Waals surface area contributed by atoms with Gasteiger partial charge in [-0.3, -0.25) is 0 Å². The summed E-state index contributed by atoms with van der Waals surface area (Å²) in [7, 11) is 1.64. The fraction of sp³-hybridized carbons (Fsp3) is 0.818. The lowest BCUT2D eigenvalue weighted by atomic mass is 9.85. The predicted octanol–water partition coefficient (Wildman–Crippen LogP) is 2.44. The molecule has 1 rings (SSSR count).